The zero-order valence-electron chi connectivity index (χ0n) is 14.4. The van der Waals surface area contributed by atoms with Crippen molar-refractivity contribution in [3.63, 3.8) is 0 Å². The third-order valence-corrected chi connectivity index (χ3v) is 6.87. The highest BCUT2D eigenvalue weighted by Crippen LogP contribution is 2.24. The summed E-state index contributed by atoms with van der Waals surface area (Å²) >= 11 is 3.29. The third kappa shape index (κ3) is 4.37. The van der Waals surface area contributed by atoms with Crippen LogP contribution < -0.4 is 0 Å². The summed E-state index contributed by atoms with van der Waals surface area (Å²) in [4.78, 5) is 14.7. The number of hydrogen-bond acceptors (Lipinski definition) is 3. The van der Waals surface area contributed by atoms with E-state index >= 15 is 0 Å². The monoisotopic (exact) mass is 416 g/mol. The van der Waals surface area contributed by atoms with Crippen molar-refractivity contribution in [3.8, 4) is 0 Å². The van der Waals surface area contributed by atoms with Crippen LogP contribution in [0.2, 0.25) is 0 Å². The fourth-order valence-electron chi connectivity index (χ4n) is 3.11. The lowest BCUT2D eigenvalue weighted by Crippen LogP contribution is -2.50. The third-order valence-electron chi connectivity index (χ3n) is 4.52. The molecule has 0 aromatic heterocycles. The molecular weight excluding hydrogens is 392 g/mol. The van der Waals surface area contributed by atoms with E-state index in [0.29, 0.717) is 12.5 Å². The second kappa shape index (κ2) is 7.97. The Labute approximate surface area is 153 Å². The number of piperidine rings is 1. The smallest absolute Gasteiger partial charge is 0.243 e. The predicted octanol–water partition coefficient (Wildman–Crippen LogP) is 3.11. The Hall–Kier alpha value is -0.920. The van der Waals surface area contributed by atoms with Gasteiger partial charge in [-0.2, -0.15) is 4.31 Å². The van der Waals surface area contributed by atoms with Crippen molar-refractivity contribution in [2.45, 2.75) is 44.0 Å². The SMILES string of the molecule is CC(C)C1CCCCN1C(=O)CN(C)S(=O)(=O)c1ccc(Br)cc1. The molecule has 24 heavy (non-hydrogen) atoms. The van der Waals surface area contributed by atoms with E-state index in [2.05, 4.69) is 29.8 Å². The molecule has 0 N–H and O–H groups in total. The second-order valence-electron chi connectivity index (χ2n) is 6.61. The molecule has 134 valence electrons. The maximum Gasteiger partial charge on any atom is 0.243 e. The lowest BCUT2D eigenvalue weighted by atomic mass is 9.93. The van der Waals surface area contributed by atoms with Gasteiger partial charge in [-0.1, -0.05) is 29.8 Å². The predicted molar refractivity (Wildman–Crippen MR) is 98.1 cm³/mol. The molecule has 0 bridgehead atoms. The summed E-state index contributed by atoms with van der Waals surface area (Å²) in [6.07, 6.45) is 3.10. The first kappa shape index (κ1) is 19.4. The molecule has 1 saturated heterocycles. The van der Waals surface area contributed by atoms with Crippen LogP contribution in [-0.2, 0) is 14.8 Å². The van der Waals surface area contributed by atoms with Crippen LogP contribution >= 0.6 is 15.9 Å². The van der Waals surface area contributed by atoms with Crippen molar-refractivity contribution < 1.29 is 13.2 Å². The van der Waals surface area contributed by atoms with E-state index < -0.39 is 10.0 Å². The first-order valence-corrected chi connectivity index (χ1v) is 10.5. The number of halogens is 1. The van der Waals surface area contributed by atoms with Crippen LogP contribution in [0.15, 0.2) is 33.6 Å². The van der Waals surface area contributed by atoms with Gasteiger partial charge >= 0.3 is 0 Å². The van der Waals surface area contributed by atoms with Gasteiger partial charge < -0.3 is 4.90 Å². The van der Waals surface area contributed by atoms with Gasteiger partial charge in [-0.05, 0) is 49.4 Å². The van der Waals surface area contributed by atoms with Gasteiger partial charge in [-0.15, -0.1) is 0 Å². The fourth-order valence-corrected chi connectivity index (χ4v) is 4.50. The minimum Gasteiger partial charge on any atom is -0.338 e. The zero-order valence-corrected chi connectivity index (χ0v) is 16.8. The standard InChI is InChI=1S/C17H25BrN2O3S/c1-13(2)16-6-4-5-11-20(16)17(21)12-19(3)24(22,23)15-9-7-14(18)8-10-15/h7-10,13,16H,4-6,11-12H2,1-3H3. The Balaban J connectivity index is 2.11. The van der Waals surface area contributed by atoms with E-state index in [1.54, 1.807) is 12.1 Å². The zero-order chi connectivity index (χ0) is 17.9. The summed E-state index contributed by atoms with van der Waals surface area (Å²) in [5, 5.41) is 0. The molecule has 0 radical (unpaired) electrons. The molecule has 1 unspecified atom stereocenters. The Bertz CT molecular complexity index is 674. The van der Waals surface area contributed by atoms with Crippen molar-refractivity contribution >= 4 is 31.9 Å². The molecule has 1 atom stereocenters. The molecule has 1 aliphatic rings. The summed E-state index contributed by atoms with van der Waals surface area (Å²) in [7, 11) is -2.20. The molecule has 1 fully saturated rings. The number of rotatable bonds is 5. The van der Waals surface area contributed by atoms with Crippen molar-refractivity contribution in [2.24, 2.45) is 5.92 Å². The minimum atomic E-state index is -3.66. The summed E-state index contributed by atoms with van der Waals surface area (Å²) in [6, 6.07) is 6.65. The first-order valence-electron chi connectivity index (χ1n) is 8.25. The number of sulfonamides is 1. The van der Waals surface area contributed by atoms with Crippen LogP contribution in [0.1, 0.15) is 33.1 Å². The largest absolute Gasteiger partial charge is 0.338 e. The molecule has 1 amide bonds. The number of benzene rings is 1. The molecule has 1 aromatic rings. The van der Waals surface area contributed by atoms with Crippen molar-refractivity contribution in [1.82, 2.24) is 9.21 Å². The average molecular weight is 417 g/mol. The van der Waals surface area contributed by atoms with Gasteiger partial charge in [0.15, 0.2) is 0 Å². The number of hydrogen-bond donors (Lipinski definition) is 0. The minimum absolute atomic E-state index is 0.114. The van der Waals surface area contributed by atoms with Crippen LogP contribution in [0.3, 0.4) is 0 Å². The number of likely N-dealkylation sites (tertiary alicyclic amines) is 1. The molecule has 2 rings (SSSR count). The molecule has 1 aromatic carbocycles. The molecule has 5 nitrogen and oxygen atoms in total. The quantitative estimate of drug-likeness (QED) is 0.740. The highest BCUT2D eigenvalue weighted by atomic mass is 79.9. The van der Waals surface area contributed by atoms with Crippen molar-refractivity contribution in [3.05, 3.63) is 28.7 Å². The Morgan fingerprint density at radius 3 is 2.50 bits per heavy atom. The van der Waals surface area contributed by atoms with Crippen molar-refractivity contribution in [2.75, 3.05) is 20.1 Å². The Kier molecular flexibility index (Phi) is 6.45. The molecule has 0 spiro atoms. The number of nitrogens with zero attached hydrogens (tertiary/aromatic N) is 2. The topological polar surface area (TPSA) is 57.7 Å². The second-order valence-corrected chi connectivity index (χ2v) is 9.57. The van der Waals surface area contributed by atoms with Crippen molar-refractivity contribution in [1.29, 1.82) is 0 Å². The highest BCUT2D eigenvalue weighted by Gasteiger charge is 2.31. The van der Waals surface area contributed by atoms with Crippen LogP contribution in [-0.4, -0.2) is 49.7 Å². The summed E-state index contributed by atoms with van der Waals surface area (Å²) in [5.41, 5.74) is 0. The van der Waals surface area contributed by atoms with E-state index in [1.165, 1.54) is 19.2 Å². The van der Waals surface area contributed by atoms with E-state index in [4.69, 9.17) is 0 Å². The maximum absolute atomic E-state index is 12.7. The molecule has 1 heterocycles. The Morgan fingerprint density at radius 2 is 1.92 bits per heavy atom. The van der Waals surface area contributed by atoms with Crippen LogP contribution in [0.25, 0.3) is 0 Å². The lowest BCUT2D eigenvalue weighted by molar-refractivity contribution is -0.136. The molecular formula is C17H25BrN2O3S. The van der Waals surface area contributed by atoms with Gasteiger partial charge in [0.05, 0.1) is 11.4 Å². The summed E-state index contributed by atoms with van der Waals surface area (Å²) < 4.78 is 27.2. The van der Waals surface area contributed by atoms with E-state index in [1.807, 2.05) is 4.90 Å². The summed E-state index contributed by atoms with van der Waals surface area (Å²) in [6.45, 7) is 4.81. The number of likely N-dealkylation sites (N-methyl/N-ethyl adjacent to an activating group) is 1. The highest BCUT2D eigenvalue weighted by molar-refractivity contribution is 9.10. The van der Waals surface area contributed by atoms with Gasteiger partial charge in [0.25, 0.3) is 0 Å². The molecule has 7 heteroatoms. The number of carbonyl (C=O) groups excluding carboxylic acids is 1. The van der Waals surface area contributed by atoms with E-state index in [0.717, 1.165) is 28.0 Å². The molecule has 0 aliphatic carbocycles. The van der Waals surface area contributed by atoms with Crippen LogP contribution in [0.5, 0.6) is 0 Å². The summed E-state index contributed by atoms with van der Waals surface area (Å²) in [5.74, 6) is 0.263. The normalized spacial score (nSPS) is 19.1. The van der Waals surface area contributed by atoms with E-state index in [9.17, 15) is 13.2 Å². The van der Waals surface area contributed by atoms with Gasteiger partial charge in [-0.3, -0.25) is 4.79 Å². The van der Waals surface area contributed by atoms with Gasteiger partial charge in [0.1, 0.15) is 0 Å². The number of carbonyl (C=O) groups is 1. The Morgan fingerprint density at radius 1 is 1.29 bits per heavy atom. The fraction of sp³-hybridized carbons (Fsp3) is 0.588. The number of amides is 1. The lowest BCUT2D eigenvalue weighted by Gasteiger charge is -2.39. The van der Waals surface area contributed by atoms with Gasteiger partial charge in [0.2, 0.25) is 15.9 Å². The van der Waals surface area contributed by atoms with E-state index in [-0.39, 0.29) is 23.4 Å². The van der Waals surface area contributed by atoms with Crippen LogP contribution in [0, 0.1) is 5.92 Å². The molecule has 1 aliphatic heterocycles. The van der Waals surface area contributed by atoms with Gasteiger partial charge in [-0.25, -0.2) is 8.42 Å². The maximum atomic E-state index is 12.7. The molecule has 0 saturated carbocycles. The first-order chi connectivity index (χ1) is 11.2. The van der Waals surface area contributed by atoms with Gasteiger partial charge in [0, 0.05) is 24.1 Å². The average Bonchev–Trinajstić information content (AvgIpc) is 2.55. The van der Waals surface area contributed by atoms with Crippen LogP contribution in [0.4, 0.5) is 0 Å².